The first-order valence-corrected chi connectivity index (χ1v) is 10.2. The van der Waals surface area contributed by atoms with Crippen molar-refractivity contribution in [1.29, 1.82) is 0 Å². The zero-order valence-corrected chi connectivity index (χ0v) is 17.6. The van der Waals surface area contributed by atoms with Gasteiger partial charge in [-0.3, -0.25) is 14.6 Å². The monoisotopic (exact) mass is 471 g/mol. The molecule has 0 spiro atoms. The van der Waals surface area contributed by atoms with Gasteiger partial charge in [0.2, 0.25) is 5.91 Å². The molecule has 1 aromatic carbocycles. The van der Waals surface area contributed by atoms with Crippen LogP contribution in [0.25, 0.3) is 0 Å². The molecule has 1 aliphatic rings. The summed E-state index contributed by atoms with van der Waals surface area (Å²) < 4.78 is 50.7. The van der Waals surface area contributed by atoms with Gasteiger partial charge in [-0.1, -0.05) is 11.6 Å². The first kappa shape index (κ1) is 23.8. The molecule has 172 valence electrons. The van der Waals surface area contributed by atoms with Crippen molar-refractivity contribution in [2.24, 2.45) is 0 Å². The Balaban J connectivity index is 1.64. The standard InChI is InChI=1S/C21H21ClF3N3O4/c22-13-4-6-15(7-5-13)32-12-19(29)28-17-9-14(26-11-16(17)21(23,24)25)10-27-20(30)18-3-1-2-8-31-18/h4-7,9,11,18H,1-3,8,10,12H2,(H,27,30)(H,26,28,29). The molecule has 2 amide bonds. The molecular weight excluding hydrogens is 451 g/mol. The number of nitrogens with zero attached hydrogens (tertiary/aromatic N) is 1. The number of carbonyl (C=O) groups excluding carboxylic acids is 2. The molecule has 2 aromatic rings. The van der Waals surface area contributed by atoms with Crippen molar-refractivity contribution in [3.63, 3.8) is 0 Å². The van der Waals surface area contributed by atoms with E-state index in [2.05, 4.69) is 15.6 Å². The SMILES string of the molecule is O=C(COc1ccc(Cl)cc1)Nc1cc(CNC(=O)C2CCCCO2)ncc1C(F)(F)F. The van der Waals surface area contributed by atoms with E-state index in [4.69, 9.17) is 21.1 Å². The lowest BCUT2D eigenvalue weighted by Crippen LogP contribution is -2.38. The van der Waals surface area contributed by atoms with Crippen LogP contribution in [0.5, 0.6) is 5.75 Å². The summed E-state index contributed by atoms with van der Waals surface area (Å²) in [7, 11) is 0. The van der Waals surface area contributed by atoms with E-state index in [1.165, 1.54) is 12.1 Å². The molecule has 1 unspecified atom stereocenters. The summed E-state index contributed by atoms with van der Waals surface area (Å²) >= 11 is 5.77. The lowest BCUT2D eigenvalue weighted by Gasteiger charge is -2.21. The van der Waals surface area contributed by atoms with Gasteiger partial charge in [-0.15, -0.1) is 0 Å². The minimum Gasteiger partial charge on any atom is -0.484 e. The van der Waals surface area contributed by atoms with E-state index in [1.807, 2.05) is 0 Å². The number of carbonyl (C=O) groups is 2. The van der Waals surface area contributed by atoms with Crippen LogP contribution in [0.2, 0.25) is 5.02 Å². The number of hydrogen-bond donors (Lipinski definition) is 2. The number of hydrogen-bond acceptors (Lipinski definition) is 5. The van der Waals surface area contributed by atoms with Gasteiger partial charge in [-0.05, 0) is 49.6 Å². The first-order chi connectivity index (χ1) is 15.2. The summed E-state index contributed by atoms with van der Waals surface area (Å²) in [5.74, 6) is -0.806. The third-order valence-corrected chi connectivity index (χ3v) is 4.89. The van der Waals surface area contributed by atoms with E-state index < -0.39 is 36.0 Å². The molecule has 2 heterocycles. The number of anilines is 1. The Morgan fingerprint density at radius 2 is 1.97 bits per heavy atom. The van der Waals surface area contributed by atoms with Crippen LogP contribution in [0.3, 0.4) is 0 Å². The Morgan fingerprint density at radius 1 is 1.22 bits per heavy atom. The van der Waals surface area contributed by atoms with Crippen molar-refractivity contribution >= 4 is 29.1 Å². The minimum atomic E-state index is -4.73. The fourth-order valence-corrected chi connectivity index (χ4v) is 3.16. The number of pyridine rings is 1. The predicted molar refractivity (Wildman–Crippen MR) is 110 cm³/mol. The second kappa shape index (κ2) is 10.6. The molecule has 1 fully saturated rings. The summed E-state index contributed by atoms with van der Waals surface area (Å²) in [6.45, 7) is -0.127. The van der Waals surface area contributed by atoms with Gasteiger partial charge in [0.25, 0.3) is 5.91 Å². The van der Waals surface area contributed by atoms with Gasteiger partial charge in [0.05, 0.1) is 23.5 Å². The molecule has 1 saturated heterocycles. The zero-order valence-electron chi connectivity index (χ0n) is 16.9. The van der Waals surface area contributed by atoms with Gasteiger partial charge in [0.15, 0.2) is 6.61 Å². The maximum absolute atomic E-state index is 13.4. The van der Waals surface area contributed by atoms with Gasteiger partial charge < -0.3 is 20.1 Å². The average Bonchev–Trinajstić information content (AvgIpc) is 2.77. The molecular formula is C21H21ClF3N3O4. The van der Waals surface area contributed by atoms with Crippen LogP contribution >= 0.6 is 11.6 Å². The number of ether oxygens (including phenoxy) is 2. The smallest absolute Gasteiger partial charge is 0.419 e. The highest BCUT2D eigenvalue weighted by Crippen LogP contribution is 2.34. The van der Waals surface area contributed by atoms with Crippen LogP contribution in [0.1, 0.15) is 30.5 Å². The highest BCUT2D eigenvalue weighted by Gasteiger charge is 2.35. The van der Waals surface area contributed by atoms with Crippen molar-refractivity contribution in [3.05, 3.63) is 52.8 Å². The number of halogens is 4. The molecule has 0 saturated carbocycles. The number of aromatic nitrogens is 1. The van der Waals surface area contributed by atoms with Crippen molar-refractivity contribution in [1.82, 2.24) is 10.3 Å². The number of rotatable bonds is 7. The highest BCUT2D eigenvalue weighted by molar-refractivity contribution is 6.30. The molecule has 11 heteroatoms. The third kappa shape index (κ3) is 6.83. The topological polar surface area (TPSA) is 89.6 Å². The van der Waals surface area contributed by atoms with Gasteiger partial charge in [0, 0.05) is 17.8 Å². The van der Waals surface area contributed by atoms with Crippen molar-refractivity contribution in [2.75, 3.05) is 18.5 Å². The molecule has 1 atom stereocenters. The Hall–Kier alpha value is -2.85. The molecule has 1 aromatic heterocycles. The van der Waals surface area contributed by atoms with Crippen LogP contribution in [0, 0.1) is 0 Å². The van der Waals surface area contributed by atoms with Crippen LogP contribution in [0.15, 0.2) is 36.5 Å². The van der Waals surface area contributed by atoms with Gasteiger partial charge in [0.1, 0.15) is 11.9 Å². The summed E-state index contributed by atoms with van der Waals surface area (Å²) in [6, 6.07) is 7.24. The van der Waals surface area contributed by atoms with Crippen molar-refractivity contribution in [3.8, 4) is 5.75 Å². The van der Waals surface area contributed by atoms with E-state index in [1.54, 1.807) is 12.1 Å². The van der Waals surface area contributed by atoms with Crippen LogP contribution in [-0.2, 0) is 27.0 Å². The van der Waals surface area contributed by atoms with E-state index in [0.29, 0.717) is 30.0 Å². The normalized spacial score (nSPS) is 16.3. The van der Waals surface area contributed by atoms with E-state index >= 15 is 0 Å². The van der Waals surface area contributed by atoms with Crippen molar-refractivity contribution in [2.45, 2.75) is 38.1 Å². The lowest BCUT2D eigenvalue weighted by molar-refractivity contribution is -0.137. The van der Waals surface area contributed by atoms with E-state index in [0.717, 1.165) is 18.9 Å². The summed E-state index contributed by atoms with van der Waals surface area (Å²) in [6.07, 6.45) is -2.36. The van der Waals surface area contributed by atoms with Gasteiger partial charge in [-0.25, -0.2) is 0 Å². The van der Waals surface area contributed by atoms with Gasteiger partial charge in [-0.2, -0.15) is 13.2 Å². The molecule has 2 N–H and O–H groups in total. The molecule has 3 rings (SSSR count). The fraction of sp³-hybridized carbons (Fsp3) is 0.381. The summed E-state index contributed by atoms with van der Waals surface area (Å²) in [5, 5.41) is 5.28. The lowest BCUT2D eigenvalue weighted by atomic mass is 10.1. The third-order valence-electron chi connectivity index (χ3n) is 4.64. The molecule has 0 radical (unpaired) electrons. The Bertz CT molecular complexity index is 948. The van der Waals surface area contributed by atoms with Crippen LogP contribution in [0.4, 0.5) is 18.9 Å². The molecule has 32 heavy (non-hydrogen) atoms. The maximum atomic E-state index is 13.4. The number of benzene rings is 1. The largest absolute Gasteiger partial charge is 0.484 e. The number of amides is 2. The second-order valence-electron chi connectivity index (χ2n) is 7.08. The van der Waals surface area contributed by atoms with Gasteiger partial charge >= 0.3 is 6.18 Å². The molecule has 0 aliphatic carbocycles. The predicted octanol–water partition coefficient (Wildman–Crippen LogP) is 3.96. The molecule has 1 aliphatic heterocycles. The summed E-state index contributed by atoms with van der Waals surface area (Å²) in [4.78, 5) is 28.1. The molecule has 7 nitrogen and oxygen atoms in total. The number of alkyl halides is 3. The van der Waals surface area contributed by atoms with Crippen LogP contribution < -0.4 is 15.4 Å². The summed E-state index contributed by atoms with van der Waals surface area (Å²) in [5.41, 5.74) is -1.44. The quantitative estimate of drug-likeness (QED) is 0.638. The second-order valence-corrected chi connectivity index (χ2v) is 7.52. The van der Waals surface area contributed by atoms with Crippen molar-refractivity contribution < 1.29 is 32.2 Å². The maximum Gasteiger partial charge on any atom is 0.419 e. The highest BCUT2D eigenvalue weighted by atomic mass is 35.5. The Kier molecular flexibility index (Phi) is 7.92. The Labute approximate surface area is 187 Å². The first-order valence-electron chi connectivity index (χ1n) is 9.86. The average molecular weight is 472 g/mol. The zero-order chi connectivity index (χ0) is 23.1. The number of nitrogens with one attached hydrogen (secondary N) is 2. The fourth-order valence-electron chi connectivity index (χ4n) is 3.03. The Morgan fingerprint density at radius 3 is 2.62 bits per heavy atom. The van der Waals surface area contributed by atoms with Crippen LogP contribution in [-0.4, -0.2) is 36.1 Å². The van der Waals surface area contributed by atoms with E-state index in [-0.39, 0.29) is 18.1 Å². The minimum absolute atomic E-state index is 0.110. The van der Waals surface area contributed by atoms with E-state index in [9.17, 15) is 22.8 Å². The molecule has 0 bridgehead atoms.